The first kappa shape index (κ1) is 13.6. The Balaban J connectivity index is 1.91. The number of carbonyl (C=O) groups excluding carboxylic acids is 1. The highest BCUT2D eigenvalue weighted by Gasteiger charge is 2.06. The van der Waals surface area contributed by atoms with Crippen molar-refractivity contribution < 1.29 is 14.7 Å². The lowest BCUT2D eigenvalue weighted by molar-refractivity contribution is 0.0697. The molecule has 1 heterocycles. The van der Waals surface area contributed by atoms with E-state index in [1.54, 1.807) is 36.3 Å². The van der Waals surface area contributed by atoms with E-state index in [1.165, 1.54) is 12.1 Å². The fourth-order valence-electron chi connectivity index (χ4n) is 1.65. The van der Waals surface area contributed by atoms with Crippen molar-refractivity contribution in [3.63, 3.8) is 0 Å². The summed E-state index contributed by atoms with van der Waals surface area (Å²) in [5, 5.41) is 18.1. The van der Waals surface area contributed by atoms with E-state index >= 15 is 0 Å². The van der Waals surface area contributed by atoms with Crippen LogP contribution in [0.5, 0.6) is 0 Å². The Bertz CT molecular complexity index is 636. The minimum absolute atomic E-state index is 0.120. The zero-order valence-electron chi connectivity index (χ0n) is 10.8. The van der Waals surface area contributed by atoms with E-state index in [0.717, 1.165) is 5.56 Å². The van der Waals surface area contributed by atoms with Crippen LogP contribution in [0, 0.1) is 0 Å². The maximum Gasteiger partial charge on any atom is 0.335 e. The van der Waals surface area contributed by atoms with Crippen molar-refractivity contribution in [2.45, 2.75) is 6.54 Å². The zero-order valence-corrected chi connectivity index (χ0v) is 10.8. The number of aromatic carboxylic acids is 1. The van der Waals surface area contributed by atoms with Gasteiger partial charge >= 0.3 is 12.0 Å². The maximum absolute atomic E-state index is 11.7. The van der Waals surface area contributed by atoms with Crippen LogP contribution >= 0.6 is 0 Å². The van der Waals surface area contributed by atoms with Crippen LogP contribution < -0.4 is 10.6 Å². The molecule has 1 aromatic carbocycles. The van der Waals surface area contributed by atoms with Gasteiger partial charge in [-0.25, -0.2) is 9.59 Å². The molecule has 0 unspecified atom stereocenters. The third-order valence-corrected chi connectivity index (χ3v) is 2.58. The molecule has 2 amide bonds. The number of benzene rings is 1. The molecule has 7 nitrogen and oxygen atoms in total. The molecule has 3 N–H and O–H groups in total. The quantitative estimate of drug-likeness (QED) is 0.786. The van der Waals surface area contributed by atoms with Crippen LogP contribution in [0.4, 0.5) is 10.5 Å². The van der Waals surface area contributed by atoms with Crippen molar-refractivity contribution in [3.8, 4) is 0 Å². The van der Waals surface area contributed by atoms with E-state index in [9.17, 15) is 9.59 Å². The zero-order chi connectivity index (χ0) is 14.5. The van der Waals surface area contributed by atoms with Crippen LogP contribution in [-0.4, -0.2) is 26.9 Å². The molecule has 1 aromatic heterocycles. The van der Waals surface area contributed by atoms with Gasteiger partial charge < -0.3 is 15.7 Å². The molecular formula is C13H14N4O3. The lowest BCUT2D eigenvalue weighted by atomic mass is 10.2. The van der Waals surface area contributed by atoms with Gasteiger partial charge in [0.1, 0.15) is 0 Å². The highest BCUT2D eigenvalue weighted by Crippen LogP contribution is 2.10. The van der Waals surface area contributed by atoms with E-state index in [1.807, 2.05) is 0 Å². The first-order valence-electron chi connectivity index (χ1n) is 5.90. The number of nitrogens with zero attached hydrogens (tertiary/aromatic N) is 2. The Hall–Kier alpha value is -2.83. The summed E-state index contributed by atoms with van der Waals surface area (Å²) in [5.74, 6) is -1.04. The standard InChI is InChI=1S/C13H14N4O3/c1-17-8-9(7-15-17)6-14-13(20)16-11-4-2-3-10(5-11)12(18)19/h2-5,7-8H,6H2,1H3,(H,18,19)(H2,14,16,20). The molecule has 2 aromatic rings. The molecule has 0 saturated carbocycles. The molecule has 20 heavy (non-hydrogen) atoms. The molecule has 0 aliphatic rings. The predicted octanol–water partition coefficient (Wildman–Crippen LogP) is 1.44. The van der Waals surface area contributed by atoms with Crippen LogP contribution in [-0.2, 0) is 13.6 Å². The summed E-state index contributed by atoms with van der Waals surface area (Å²) < 4.78 is 1.64. The van der Waals surface area contributed by atoms with Gasteiger partial charge in [0, 0.05) is 31.0 Å². The molecule has 7 heteroatoms. The number of nitrogens with one attached hydrogen (secondary N) is 2. The molecule has 0 bridgehead atoms. The number of rotatable bonds is 4. The summed E-state index contributed by atoms with van der Waals surface area (Å²) in [7, 11) is 1.79. The second-order valence-electron chi connectivity index (χ2n) is 4.22. The van der Waals surface area contributed by atoms with Crippen molar-refractivity contribution in [1.29, 1.82) is 0 Å². The van der Waals surface area contributed by atoms with Gasteiger partial charge in [-0.2, -0.15) is 5.10 Å². The Kier molecular flexibility index (Phi) is 3.99. The summed E-state index contributed by atoms with van der Waals surface area (Å²) in [4.78, 5) is 22.5. The van der Waals surface area contributed by atoms with Gasteiger partial charge in [0.25, 0.3) is 0 Å². The summed E-state index contributed by atoms with van der Waals surface area (Å²) in [6, 6.07) is 5.64. The number of hydrogen-bond donors (Lipinski definition) is 3. The van der Waals surface area contributed by atoms with Crippen LogP contribution in [0.1, 0.15) is 15.9 Å². The predicted molar refractivity (Wildman–Crippen MR) is 72.5 cm³/mol. The number of carbonyl (C=O) groups is 2. The van der Waals surface area contributed by atoms with Gasteiger partial charge in [-0.05, 0) is 18.2 Å². The lowest BCUT2D eigenvalue weighted by Crippen LogP contribution is -2.28. The molecule has 0 aliphatic carbocycles. The molecule has 0 fully saturated rings. The van der Waals surface area contributed by atoms with E-state index in [0.29, 0.717) is 12.2 Å². The van der Waals surface area contributed by atoms with Gasteiger partial charge in [-0.3, -0.25) is 4.68 Å². The number of carboxylic acid groups (broad SMARTS) is 1. The van der Waals surface area contributed by atoms with Gasteiger partial charge in [-0.1, -0.05) is 6.07 Å². The van der Waals surface area contributed by atoms with Crippen LogP contribution in [0.3, 0.4) is 0 Å². The summed E-state index contributed by atoms with van der Waals surface area (Å²) in [6.45, 7) is 0.346. The summed E-state index contributed by atoms with van der Waals surface area (Å²) >= 11 is 0. The SMILES string of the molecule is Cn1cc(CNC(=O)Nc2cccc(C(=O)O)c2)cn1. The Labute approximate surface area is 115 Å². The van der Waals surface area contributed by atoms with E-state index in [4.69, 9.17) is 5.11 Å². The van der Waals surface area contributed by atoms with Gasteiger partial charge in [0.05, 0.1) is 11.8 Å². The third kappa shape index (κ3) is 3.58. The third-order valence-electron chi connectivity index (χ3n) is 2.58. The Morgan fingerprint density at radius 1 is 1.40 bits per heavy atom. The first-order valence-corrected chi connectivity index (χ1v) is 5.90. The minimum atomic E-state index is -1.04. The van der Waals surface area contributed by atoms with Crippen LogP contribution in [0.15, 0.2) is 36.7 Å². The molecule has 0 radical (unpaired) electrons. The summed E-state index contributed by atoms with van der Waals surface area (Å²) in [5.41, 5.74) is 1.42. The smallest absolute Gasteiger partial charge is 0.335 e. The van der Waals surface area contributed by atoms with Gasteiger partial charge in [0.15, 0.2) is 0 Å². The summed E-state index contributed by atoms with van der Waals surface area (Å²) in [6.07, 6.45) is 3.46. The average molecular weight is 274 g/mol. The molecule has 0 saturated heterocycles. The molecule has 2 rings (SSSR count). The minimum Gasteiger partial charge on any atom is -0.478 e. The number of carboxylic acids is 1. The van der Waals surface area contributed by atoms with Crippen molar-refractivity contribution in [2.24, 2.45) is 7.05 Å². The average Bonchev–Trinajstić information content (AvgIpc) is 2.82. The second kappa shape index (κ2) is 5.87. The van der Waals surface area contributed by atoms with Gasteiger partial charge in [-0.15, -0.1) is 0 Å². The number of aromatic nitrogens is 2. The first-order chi connectivity index (χ1) is 9.54. The van der Waals surface area contributed by atoms with Crippen molar-refractivity contribution in [1.82, 2.24) is 15.1 Å². The number of hydrogen-bond acceptors (Lipinski definition) is 3. The molecule has 0 aliphatic heterocycles. The number of anilines is 1. The molecule has 104 valence electrons. The number of urea groups is 1. The topological polar surface area (TPSA) is 96.2 Å². The Morgan fingerprint density at radius 2 is 2.20 bits per heavy atom. The van der Waals surface area contributed by atoms with E-state index in [-0.39, 0.29) is 5.56 Å². The highest BCUT2D eigenvalue weighted by molar-refractivity contribution is 5.93. The Morgan fingerprint density at radius 3 is 2.85 bits per heavy atom. The normalized spacial score (nSPS) is 10.1. The fraction of sp³-hybridized carbons (Fsp3) is 0.154. The van der Waals surface area contributed by atoms with Crippen LogP contribution in [0.25, 0.3) is 0 Å². The second-order valence-corrected chi connectivity index (χ2v) is 4.22. The van der Waals surface area contributed by atoms with Crippen molar-refractivity contribution >= 4 is 17.7 Å². The van der Waals surface area contributed by atoms with Crippen molar-refractivity contribution in [2.75, 3.05) is 5.32 Å². The molecule has 0 spiro atoms. The number of aryl methyl sites for hydroxylation is 1. The highest BCUT2D eigenvalue weighted by atomic mass is 16.4. The van der Waals surface area contributed by atoms with Crippen LogP contribution in [0.2, 0.25) is 0 Å². The molecule has 0 atom stereocenters. The largest absolute Gasteiger partial charge is 0.478 e. The maximum atomic E-state index is 11.7. The van der Waals surface area contributed by atoms with E-state index in [2.05, 4.69) is 15.7 Å². The van der Waals surface area contributed by atoms with E-state index < -0.39 is 12.0 Å². The molecular weight excluding hydrogens is 260 g/mol. The fourth-order valence-corrected chi connectivity index (χ4v) is 1.65. The monoisotopic (exact) mass is 274 g/mol. The number of amides is 2. The van der Waals surface area contributed by atoms with Crippen molar-refractivity contribution in [3.05, 3.63) is 47.8 Å². The van der Waals surface area contributed by atoms with Gasteiger partial charge in [0.2, 0.25) is 0 Å². The lowest BCUT2D eigenvalue weighted by Gasteiger charge is -2.07.